The van der Waals surface area contributed by atoms with Crippen molar-refractivity contribution < 1.29 is 14.4 Å². The lowest BCUT2D eigenvalue weighted by Crippen LogP contribution is -2.55. The maximum atomic E-state index is 12.4. The number of nitrogens with one attached hydrogen (secondary N) is 2. The first-order valence-electron chi connectivity index (χ1n) is 7.37. The van der Waals surface area contributed by atoms with Crippen LogP contribution in [-0.2, 0) is 14.4 Å². The molecule has 7 nitrogen and oxygen atoms in total. The van der Waals surface area contributed by atoms with Gasteiger partial charge in [-0.15, -0.1) is 0 Å². The molecule has 0 aromatic heterocycles. The number of carbonyl (C=O) groups is 3. The monoisotopic (exact) mass is 298 g/mol. The Labute approximate surface area is 125 Å². The van der Waals surface area contributed by atoms with Crippen LogP contribution < -0.4 is 16.4 Å². The first-order valence-corrected chi connectivity index (χ1v) is 7.37. The van der Waals surface area contributed by atoms with E-state index >= 15 is 0 Å². The number of primary amides is 1. The summed E-state index contributed by atoms with van der Waals surface area (Å²) in [6.45, 7) is 5.95. The molecule has 3 amide bonds. The van der Waals surface area contributed by atoms with Crippen molar-refractivity contribution in [3.8, 4) is 0 Å². The van der Waals surface area contributed by atoms with Crippen LogP contribution in [0.2, 0.25) is 0 Å². The van der Waals surface area contributed by atoms with Gasteiger partial charge in [0.1, 0.15) is 12.1 Å². The van der Waals surface area contributed by atoms with Crippen molar-refractivity contribution in [1.82, 2.24) is 15.5 Å². The van der Waals surface area contributed by atoms with Gasteiger partial charge in [-0.3, -0.25) is 14.4 Å². The molecule has 3 unspecified atom stereocenters. The van der Waals surface area contributed by atoms with E-state index in [9.17, 15) is 14.4 Å². The molecular weight excluding hydrogens is 272 g/mol. The van der Waals surface area contributed by atoms with Crippen molar-refractivity contribution in [2.75, 3.05) is 13.6 Å². The summed E-state index contributed by atoms with van der Waals surface area (Å²) in [5, 5.41) is 5.55. The van der Waals surface area contributed by atoms with E-state index in [0.29, 0.717) is 13.0 Å². The number of rotatable bonds is 6. The summed E-state index contributed by atoms with van der Waals surface area (Å²) < 4.78 is 0. The molecule has 1 aliphatic rings. The SMILES string of the molecule is CNC(C)C(=O)N1CCCC1C(=O)NC(C(N)=O)C(C)C. The van der Waals surface area contributed by atoms with Crippen molar-refractivity contribution in [1.29, 1.82) is 0 Å². The molecule has 1 rings (SSSR count). The molecule has 0 saturated carbocycles. The highest BCUT2D eigenvalue weighted by Crippen LogP contribution is 2.19. The smallest absolute Gasteiger partial charge is 0.243 e. The van der Waals surface area contributed by atoms with Gasteiger partial charge in [-0.05, 0) is 32.7 Å². The largest absolute Gasteiger partial charge is 0.368 e. The predicted molar refractivity (Wildman–Crippen MR) is 79.2 cm³/mol. The summed E-state index contributed by atoms with van der Waals surface area (Å²) in [6, 6.07) is -1.57. The maximum Gasteiger partial charge on any atom is 0.243 e. The summed E-state index contributed by atoms with van der Waals surface area (Å²) >= 11 is 0. The van der Waals surface area contributed by atoms with E-state index in [4.69, 9.17) is 5.73 Å². The van der Waals surface area contributed by atoms with Crippen molar-refractivity contribution in [2.45, 2.75) is 51.7 Å². The minimum absolute atomic E-state index is 0.0896. The van der Waals surface area contributed by atoms with E-state index in [1.807, 2.05) is 13.8 Å². The standard InChI is InChI=1S/C14H26N4O3/c1-8(2)11(12(15)19)17-13(20)10-6-5-7-18(10)14(21)9(3)16-4/h8-11,16H,5-7H2,1-4H3,(H2,15,19)(H,17,20). The Morgan fingerprint density at radius 3 is 2.33 bits per heavy atom. The maximum absolute atomic E-state index is 12.4. The molecule has 4 N–H and O–H groups in total. The minimum Gasteiger partial charge on any atom is -0.368 e. The van der Waals surface area contributed by atoms with Gasteiger partial charge >= 0.3 is 0 Å². The third kappa shape index (κ3) is 4.17. The molecule has 0 aromatic rings. The fourth-order valence-corrected chi connectivity index (χ4v) is 2.49. The molecule has 3 atom stereocenters. The van der Waals surface area contributed by atoms with Gasteiger partial charge < -0.3 is 21.3 Å². The van der Waals surface area contributed by atoms with Gasteiger partial charge in [0.15, 0.2) is 0 Å². The van der Waals surface area contributed by atoms with Crippen LogP contribution in [0, 0.1) is 5.92 Å². The van der Waals surface area contributed by atoms with Gasteiger partial charge in [-0.1, -0.05) is 13.8 Å². The van der Waals surface area contributed by atoms with Gasteiger partial charge in [0.25, 0.3) is 0 Å². The van der Waals surface area contributed by atoms with E-state index in [1.165, 1.54) is 0 Å². The molecule has 1 heterocycles. The second-order valence-electron chi connectivity index (χ2n) is 5.83. The number of hydrogen-bond acceptors (Lipinski definition) is 4. The van der Waals surface area contributed by atoms with E-state index in [2.05, 4.69) is 10.6 Å². The predicted octanol–water partition coefficient (Wildman–Crippen LogP) is -0.789. The summed E-state index contributed by atoms with van der Waals surface area (Å²) in [6.07, 6.45) is 1.39. The van der Waals surface area contributed by atoms with Gasteiger partial charge in [0.2, 0.25) is 17.7 Å². The normalized spacial score (nSPS) is 21.2. The molecule has 0 aliphatic carbocycles. The van der Waals surface area contributed by atoms with E-state index < -0.39 is 18.0 Å². The molecule has 120 valence electrons. The van der Waals surface area contributed by atoms with Crippen molar-refractivity contribution in [3.05, 3.63) is 0 Å². The fourth-order valence-electron chi connectivity index (χ4n) is 2.49. The Morgan fingerprint density at radius 2 is 1.86 bits per heavy atom. The molecule has 0 spiro atoms. The van der Waals surface area contributed by atoms with Crippen molar-refractivity contribution in [3.63, 3.8) is 0 Å². The number of hydrogen-bond donors (Lipinski definition) is 3. The van der Waals surface area contributed by atoms with Crippen LogP contribution in [0.1, 0.15) is 33.6 Å². The first kappa shape index (κ1) is 17.4. The number of carbonyl (C=O) groups excluding carboxylic acids is 3. The van der Waals surface area contributed by atoms with Crippen LogP contribution in [0.15, 0.2) is 0 Å². The Morgan fingerprint density at radius 1 is 1.24 bits per heavy atom. The second kappa shape index (κ2) is 7.40. The molecular formula is C14H26N4O3. The molecule has 1 aliphatic heterocycles. The molecule has 0 aromatic carbocycles. The topological polar surface area (TPSA) is 105 Å². The number of likely N-dealkylation sites (tertiary alicyclic amines) is 1. The van der Waals surface area contributed by atoms with Gasteiger partial charge in [-0.2, -0.15) is 0 Å². The van der Waals surface area contributed by atoms with Crippen LogP contribution in [0.4, 0.5) is 0 Å². The zero-order chi connectivity index (χ0) is 16.2. The third-order valence-corrected chi connectivity index (χ3v) is 3.91. The minimum atomic E-state index is -0.711. The van der Waals surface area contributed by atoms with Gasteiger partial charge in [0.05, 0.1) is 6.04 Å². The van der Waals surface area contributed by atoms with Crippen LogP contribution in [-0.4, -0.2) is 54.3 Å². The highest BCUT2D eigenvalue weighted by Gasteiger charge is 2.37. The molecule has 0 bridgehead atoms. The average Bonchev–Trinajstić information content (AvgIpc) is 2.91. The summed E-state index contributed by atoms with van der Waals surface area (Å²) in [4.78, 5) is 37.6. The zero-order valence-electron chi connectivity index (χ0n) is 13.2. The average molecular weight is 298 g/mol. The van der Waals surface area contributed by atoms with Crippen molar-refractivity contribution in [2.24, 2.45) is 11.7 Å². The van der Waals surface area contributed by atoms with Gasteiger partial charge in [0, 0.05) is 6.54 Å². The Kier molecular flexibility index (Phi) is 6.14. The number of likely N-dealkylation sites (N-methyl/N-ethyl adjacent to an activating group) is 1. The number of nitrogens with two attached hydrogens (primary N) is 1. The second-order valence-corrected chi connectivity index (χ2v) is 5.83. The Balaban J connectivity index is 2.76. The molecule has 1 saturated heterocycles. The molecule has 7 heteroatoms. The van der Waals surface area contributed by atoms with Crippen LogP contribution in [0.5, 0.6) is 0 Å². The molecule has 21 heavy (non-hydrogen) atoms. The lowest BCUT2D eigenvalue weighted by atomic mass is 10.0. The first-order chi connectivity index (χ1) is 9.79. The fraction of sp³-hybridized carbons (Fsp3) is 0.786. The van der Waals surface area contributed by atoms with Crippen molar-refractivity contribution >= 4 is 17.7 Å². The Hall–Kier alpha value is -1.63. The van der Waals surface area contributed by atoms with Crippen LogP contribution in [0.3, 0.4) is 0 Å². The highest BCUT2D eigenvalue weighted by molar-refractivity contribution is 5.93. The van der Waals surface area contributed by atoms with Crippen LogP contribution in [0.25, 0.3) is 0 Å². The van der Waals surface area contributed by atoms with Gasteiger partial charge in [-0.25, -0.2) is 0 Å². The van der Waals surface area contributed by atoms with Crippen LogP contribution >= 0.6 is 0 Å². The summed E-state index contributed by atoms with van der Waals surface area (Å²) in [5.74, 6) is -1.05. The summed E-state index contributed by atoms with van der Waals surface area (Å²) in [5.41, 5.74) is 5.30. The van der Waals surface area contributed by atoms with E-state index in [0.717, 1.165) is 6.42 Å². The molecule has 1 fully saturated rings. The lowest BCUT2D eigenvalue weighted by Gasteiger charge is -2.28. The Bertz CT molecular complexity index is 411. The highest BCUT2D eigenvalue weighted by atomic mass is 16.2. The number of nitrogens with zero attached hydrogens (tertiary/aromatic N) is 1. The zero-order valence-corrected chi connectivity index (χ0v) is 13.2. The summed E-state index contributed by atoms with van der Waals surface area (Å²) in [7, 11) is 1.70. The molecule has 0 radical (unpaired) electrons. The van der Waals surface area contributed by atoms with E-state index in [-0.39, 0.29) is 23.8 Å². The van der Waals surface area contributed by atoms with E-state index in [1.54, 1.807) is 18.9 Å². The lowest BCUT2D eigenvalue weighted by molar-refractivity contribution is -0.140. The number of amides is 3. The quantitative estimate of drug-likeness (QED) is 0.598. The third-order valence-electron chi connectivity index (χ3n) is 3.91.